The Morgan fingerprint density at radius 1 is 0.867 bits per heavy atom. The van der Waals surface area contributed by atoms with E-state index in [0.29, 0.717) is 0 Å². The lowest BCUT2D eigenvalue weighted by atomic mass is 10.00. The van der Waals surface area contributed by atoms with Crippen LogP contribution in [0.4, 0.5) is 0 Å². The molecule has 1 atom stereocenters. The molecule has 0 aliphatic heterocycles. The first-order valence-electron chi connectivity index (χ1n) is 4.91. The molecule has 1 nitrogen and oxygen atoms in total. The molecule has 0 aliphatic carbocycles. The van der Waals surface area contributed by atoms with Gasteiger partial charge in [-0.05, 0) is 6.07 Å². The summed E-state index contributed by atoms with van der Waals surface area (Å²) < 4.78 is 1.12. The minimum Gasteiger partial charge on any atom is -0.348 e. The van der Waals surface area contributed by atoms with E-state index in [-0.39, 0.29) is 6.04 Å². The fourth-order valence-corrected chi connectivity index (χ4v) is 2.18. The maximum absolute atomic E-state index is 4.21. The lowest BCUT2D eigenvalue weighted by Gasteiger charge is -2.10. The summed E-state index contributed by atoms with van der Waals surface area (Å²) in [5.74, 6) is 0. The van der Waals surface area contributed by atoms with Crippen LogP contribution in [-0.4, -0.2) is 0 Å². The Hall–Kier alpha value is -1.12. The van der Waals surface area contributed by atoms with E-state index in [2.05, 4.69) is 45.9 Å². The Bertz CT molecular complexity index is 439. The predicted molar refractivity (Wildman–Crippen MR) is 65.3 cm³/mol. The van der Waals surface area contributed by atoms with Gasteiger partial charge < -0.3 is 5.73 Å². The molecule has 2 rings (SSSR count). The highest BCUT2D eigenvalue weighted by atomic mass is 79.9. The van der Waals surface area contributed by atoms with E-state index in [1.165, 1.54) is 11.1 Å². The highest BCUT2D eigenvalue weighted by Gasteiger charge is 2.14. The van der Waals surface area contributed by atoms with Gasteiger partial charge in [-0.3, -0.25) is 0 Å². The molecular formula is C13H13BrN+. The fraction of sp³-hybridized carbons (Fsp3) is 0.0769. The second-order valence-electron chi connectivity index (χ2n) is 3.48. The number of hydrogen-bond donors (Lipinski definition) is 1. The molecule has 76 valence electrons. The summed E-state index contributed by atoms with van der Waals surface area (Å²) in [6.45, 7) is 0. The van der Waals surface area contributed by atoms with Crippen molar-refractivity contribution in [2.75, 3.05) is 0 Å². The molecular weight excluding hydrogens is 250 g/mol. The van der Waals surface area contributed by atoms with Crippen LogP contribution in [0.3, 0.4) is 0 Å². The molecule has 0 radical (unpaired) electrons. The quantitative estimate of drug-likeness (QED) is 0.862. The third-order valence-corrected chi connectivity index (χ3v) is 3.20. The van der Waals surface area contributed by atoms with Crippen molar-refractivity contribution in [2.24, 2.45) is 0 Å². The fourth-order valence-electron chi connectivity index (χ4n) is 1.62. The average Bonchev–Trinajstić information content (AvgIpc) is 2.30. The van der Waals surface area contributed by atoms with E-state index >= 15 is 0 Å². The highest BCUT2D eigenvalue weighted by Crippen LogP contribution is 2.24. The molecule has 0 saturated heterocycles. The normalized spacial score (nSPS) is 12.4. The van der Waals surface area contributed by atoms with Crippen LogP contribution < -0.4 is 5.73 Å². The molecule has 3 N–H and O–H groups in total. The van der Waals surface area contributed by atoms with Crippen molar-refractivity contribution in [1.82, 2.24) is 0 Å². The molecule has 2 aromatic carbocycles. The van der Waals surface area contributed by atoms with Gasteiger partial charge in [-0.1, -0.05) is 64.5 Å². The Balaban J connectivity index is 2.37. The van der Waals surface area contributed by atoms with Crippen LogP contribution in [0.1, 0.15) is 17.2 Å². The van der Waals surface area contributed by atoms with Gasteiger partial charge in [0, 0.05) is 15.6 Å². The molecule has 0 bridgehead atoms. The third kappa shape index (κ3) is 2.28. The van der Waals surface area contributed by atoms with Crippen LogP contribution in [0, 0.1) is 0 Å². The van der Waals surface area contributed by atoms with E-state index in [1.807, 2.05) is 30.3 Å². The number of halogens is 1. The minimum atomic E-state index is 0.182. The second kappa shape index (κ2) is 4.60. The van der Waals surface area contributed by atoms with Gasteiger partial charge in [-0.15, -0.1) is 0 Å². The zero-order chi connectivity index (χ0) is 10.7. The highest BCUT2D eigenvalue weighted by molar-refractivity contribution is 9.10. The smallest absolute Gasteiger partial charge is 0.137 e. The molecule has 0 heterocycles. The maximum atomic E-state index is 4.21. The second-order valence-corrected chi connectivity index (χ2v) is 4.34. The third-order valence-electron chi connectivity index (χ3n) is 2.48. The van der Waals surface area contributed by atoms with Crippen LogP contribution in [0.15, 0.2) is 59.1 Å². The van der Waals surface area contributed by atoms with Crippen LogP contribution in [0.25, 0.3) is 0 Å². The molecule has 0 fully saturated rings. The van der Waals surface area contributed by atoms with Gasteiger partial charge in [0.2, 0.25) is 0 Å². The SMILES string of the molecule is [NH3+][C@@H](c1ccccc1)c1ccccc1Br. The zero-order valence-corrected chi connectivity index (χ0v) is 9.94. The molecule has 0 aromatic heterocycles. The molecule has 2 heteroatoms. The summed E-state index contributed by atoms with van der Waals surface area (Å²) >= 11 is 3.55. The average molecular weight is 263 g/mol. The number of benzene rings is 2. The minimum absolute atomic E-state index is 0.182. The standard InChI is InChI=1S/C13H12BrN/c14-12-9-5-4-8-11(12)13(15)10-6-2-1-3-7-10/h1-9,13H,15H2/p+1/t13-/m0/s1. The number of quaternary nitrogens is 1. The Labute approximate surface area is 98.1 Å². The van der Waals surface area contributed by atoms with Crippen LogP contribution >= 0.6 is 15.9 Å². The summed E-state index contributed by atoms with van der Waals surface area (Å²) in [4.78, 5) is 0. The Morgan fingerprint density at radius 3 is 2.13 bits per heavy atom. The van der Waals surface area contributed by atoms with E-state index in [0.717, 1.165) is 4.47 Å². The molecule has 0 unspecified atom stereocenters. The number of hydrogen-bond acceptors (Lipinski definition) is 0. The molecule has 2 aromatic rings. The molecule has 0 spiro atoms. The van der Waals surface area contributed by atoms with Gasteiger partial charge in [-0.2, -0.15) is 0 Å². The summed E-state index contributed by atoms with van der Waals surface area (Å²) in [6, 6.07) is 18.7. The first-order chi connectivity index (χ1) is 7.29. The van der Waals surface area contributed by atoms with Gasteiger partial charge >= 0.3 is 0 Å². The lowest BCUT2D eigenvalue weighted by Crippen LogP contribution is -2.54. The topological polar surface area (TPSA) is 27.6 Å². The van der Waals surface area contributed by atoms with Gasteiger partial charge in [-0.25, -0.2) is 0 Å². The van der Waals surface area contributed by atoms with E-state index < -0.39 is 0 Å². The monoisotopic (exact) mass is 262 g/mol. The van der Waals surface area contributed by atoms with Crippen molar-refractivity contribution in [3.8, 4) is 0 Å². The molecule has 15 heavy (non-hydrogen) atoms. The summed E-state index contributed by atoms with van der Waals surface area (Å²) in [5, 5.41) is 0. The first-order valence-corrected chi connectivity index (χ1v) is 5.71. The van der Waals surface area contributed by atoms with Crippen molar-refractivity contribution >= 4 is 15.9 Å². The van der Waals surface area contributed by atoms with E-state index in [1.54, 1.807) is 0 Å². The summed E-state index contributed by atoms with van der Waals surface area (Å²) in [7, 11) is 0. The lowest BCUT2D eigenvalue weighted by molar-refractivity contribution is -0.411. The van der Waals surface area contributed by atoms with Crippen LogP contribution in [0.5, 0.6) is 0 Å². The van der Waals surface area contributed by atoms with Gasteiger partial charge in [0.25, 0.3) is 0 Å². The summed E-state index contributed by atoms with van der Waals surface area (Å²) in [5.41, 5.74) is 6.68. The van der Waals surface area contributed by atoms with Gasteiger partial charge in [0.15, 0.2) is 0 Å². The van der Waals surface area contributed by atoms with Crippen molar-refractivity contribution in [1.29, 1.82) is 0 Å². The Kier molecular flexibility index (Phi) is 3.19. The van der Waals surface area contributed by atoms with Gasteiger partial charge in [0.05, 0.1) is 0 Å². The maximum Gasteiger partial charge on any atom is 0.137 e. The van der Waals surface area contributed by atoms with Crippen molar-refractivity contribution in [2.45, 2.75) is 6.04 Å². The van der Waals surface area contributed by atoms with Crippen molar-refractivity contribution < 1.29 is 5.73 Å². The van der Waals surface area contributed by atoms with Crippen LogP contribution in [0.2, 0.25) is 0 Å². The molecule has 0 amide bonds. The van der Waals surface area contributed by atoms with Gasteiger partial charge in [0.1, 0.15) is 6.04 Å². The van der Waals surface area contributed by atoms with Crippen molar-refractivity contribution in [3.63, 3.8) is 0 Å². The molecule has 0 aliphatic rings. The first kappa shape index (κ1) is 10.4. The molecule has 0 saturated carbocycles. The van der Waals surface area contributed by atoms with E-state index in [9.17, 15) is 0 Å². The van der Waals surface area contributed by atoms with Crippen molar-refractivity contribution in [3.05, 3.63) is 70.2 Å². The van der Waals surface area contributed by atoms with Crippen LogP contribution in [-0.2, 0) is 0 Å². The largest absolute Gasteiger partial charge is 0.348 e. The van der Waals surface area contributed by atoms with E-state index in [4.69, 9.17) is 0 Å². The predicted octanol–water partition coefficient (Wildman–Crippen LogP) is 2.78. The zero-order valence-electron chi connectivity index (χ0n) is 8.36. The summed E-state index contributed by atoms with van der Waals surface area (Å²) in [6.07, 6.45) is 0. The number of rotatable bonds is 2. The Morgan fingerprint density at radius 2 is 1.47 bits per heavy atom.